The molecule has 1 N–H and O–H groups in total. The number of carbonyl (C=O) groups excluding carboxylic acids is 1. The third-order valence-electron chi connectivity index (χ3n) is 3.34. The van der Waals surface area contributed by atoms with E-state index in [9.17, 15) is 9.18 Å². The van der Waals surface area contributed by atoms with Crippen LogP contribution in [0.2, 0.25) is 0 Å². The molecule has 1 amide bonds. The Morgan fingerprint density at radius 3 is 2.55 bits per heavy atom. The molecule has 1 atom stereocenters. The van der Waals surface area contributed by atoms with Crippen LogP contribution in [0.25, 0.3) is 0 Å². The molecule has 2 aromatic rings. The molecule has 1 unspecified atom stereocenters. The number of halogens is 1. The summed E-state index contributed by atoms with van der Waals surface area (Å²) in [5.41, 5.74) is 2.11. The van der Waals surface area contributed by atoms with Crippen molar-refractivity contribution in [3.05, 3.63) is 57.0 Å². The molecule has 0 aliphatic heterocycles. The van der Waals surface area contributed by atoms with E-state index in [0.717, 1.165) is 16.9 Å². The molecule has 0 fully saturated rings. The number of carbonyl (C=O) groups is 1. The van der Waals surface area contributed by atoms with Crippen molar-refractivity contribution in [3.8, 4) is 0 Å². The Kier molecular flexibility index (Phi) is 4.55. The zero-order chi connectivity index (χ0) is 14.7. The van der Waals surface area contributed by atoms with E-state index in [4.69, 9.17) is 0 Å². The van der Waals surface area contributed by atoms with E-state index >= 15 is 0 Å². The second-order valence-corrected chi connectivity index (χ2v) is 6.05. The van der Waals surface area contributed by atoms with Crippen LogP contribution < -0.4 is 5.32 Å². The SMILES string of the molecule is CCc1cc(C(=O)NC(C)c2ccc(F)cc2)sc1C. The second-order valence-electron chi connectivity index (χ2n) is 4.79. The van der Waals surface area contributed by atoms with Crippen molar-refractivity contribution in [2.75, 3.05) is 0 Å². The lowest BCUT2D eigenvalue weighted by Gasteiger charge is -2.13. The van der Waals surface area contributed by atoms with Crippen molar-refractivity contribution in [3.63, 3.8) is 0 Å². The van der Waals surface area contributed by atoms with Crippen LogP contribution in [0.15, 0.2) is 30.3 Å². The maximum absolute atomic E-state index is 12.9. The highest BCUT2D eigenvalue weighted by atomic mass is 32.1. The summed E-state index contributed by atoms with van der Waals surface area (Å²) in [6, 6.07) is 8.00. The first-order valence-electron chi connectivity index (χ1n) is 6.67. The van der Waals surface area contributed by atoms with Crippen LogP contribution in [-0.2, 0) is 6.42 Å². The Bertz CT molecular complexity index is 603. The summed E-state index contributed by atoms with van der Waals surface area (Å²) in [5.74, 6) is -0.344. The van der Waals surface area contributed by atoms with E-state index < -0.39 is 0 Å². The normalized spacial score (nSPS) is 12.2. The Balaban J connectivity index is 2.08. The Hall–Kier alpha value is -1.68. The molecule has 20 heavy (non-hydrogen) atoms. The number of benzene rings is 1. The van der Waals surface area contributed by atoms with Gasteiger partial charge >= 0.3 is 0 Å². The van der Waals surface area contributed by atoms with Crippen molar-refractivity contribution in [1.82, 2.24) is 5.32 Å². The lowest BCUT2D eigenvalue weighted by molar-refractivity contribution is 0.0944. The summed E-state index contributed by atoms with van der Waals surface area (Å²) in [7, 11) is 0. The van der Waals surface area contributed by atoms with Gasteiger partial charge in [0.15, 0.2) is 0 Å². The molecule has 2 nitrogen and oxygen atoms in total. The van der Waals surface area contributed by atoms with Crippen molar-refractivity contribution >= 4 is 17.2 Å². The lowest BCUT2D eigenvalue weighted by atomic mass is 10.1. The molecule has 1 aromatic carbocycles. The van der Waals surface area contributed by atoms with Gasteiger partial charge in [0.05, 0.1) is 10.9 Å². The highest BCUT2D eigenvalue weighted by Crippen LogP contribution is 2.23. The maximum atomic E-state index is 12.9. The molecule has 0 aliphatic rings. The maximum Gasteiger partial charge on any atom is 0.261 e. The van der Waals surface area contributed by atoms with E-state index in [0.29, 0.717) is 0 Å². The topological polar surface area (TPSA) is 29.1 Å². The van der Waals surface area contributed by atoms with Crippen molar-refractivity contribution in [2.24, 2.45) is 0 Å². The first-order chi connectivity index (χ1) is 9.51. The van der Waals surface area contributed by atoms with Gasteiger partial charge in [0.1, 0.15) is 5.82 Å². The van der Waals surface area contributed by atoms with Crippen LogP contribution in [-0.4, -0.2) is 5.91 Å². The summed E-state index contributed by atoms with van der Waals surface area (Å²) in [5, 5.41) is 2.95. The summed E-state index contributed by atoms with van der Waals surface area (Å²) < 4.78 is 12.9. The standard InChI is InChI=1S/C16H18FNOS/c1-4-12-9-15(20-11(12)3)16(19)18-10(2)13-5-7-14(17)8-6-13/h5-10H,4H2,1-3H3,(H,18,19). The number of aryl methyl sites for hydroxylation is 2. The molecule has 0 saturated carbocycles. The van der Waals surface area contributed by atoms with Crippen molar-refractivity contribution < 1.29 is 9.18 Å². The van der Waals surface area contributed by atoms with E-state index in [1.54, 1.807) is 12.1 Å². The molecule has 0 aliphatic carbocycles. The van der Waals surface area contributed by atoms with Gasteiger partial charge in [-0.3, -0.25) is 4.79 Å². The minimum absolute atomic E-state index is 0.0744. The molecular formula is C16H18FNOS. The lowest BCUT2D eigenvalue weighted by Crippen LogP contribution is -2.25. The quantitative estimate of drug-likeness (QED) is 0.896. The van der Waals surface area contributed by atoms with E-state index in [1.807, 2.05) is 19.9 Å². The molecular weight excluding hydrogens is 273 g/mol. The van der Waals surface area contributed by atoms with Crippen LogP contribution in [0.4, 0.5) is 4.39 Å². The summed E-state index contributed by atoms with van der Waals surface area (Å²) >= 11 is 1.51. The Morgan fingerprint density at radius 2 is 2.00 bits per heavy atom. The molecule has 0 spiro atoms. The highest BCUT2D eigenvalue weighted by Gasteiger charge is 2.14. The Labute approximate surface area is 122 Å². The second kappa shape index (κ2) is 6.18. The fraction of sp³-hybridized carbons (Fsp3) is 0.312. The summed E-state index contributed by atoms with van der Waals surface area (Å²) in [4.78, 5) is 14.1. The smallest absolute Gasteiger partial charge is 0.261 e. The number of thiophene rings is 1. The molecule has 1 aromatic heterocycles. The average molecular weight is 291 g/mol. The van der Waals surface area contributed by atoms with E-state index in [1.165, 1.54) is 33.9 Å². The third-order valence-corrected chi connectivity index (χ3v) is 4.43. The van der Waals surface area contributed by atoms with Gasteiger partial charge in [-0.05, 0) is 49.6 Å². The minimum Gasteiger partial charge on any atom is -0.345 e. The fourth-order valence-corrected chi connectivity index (χ4v) is 3.10. The largest absolute Gasteiger partial charge is 0.345 e. The van der Waals surface area contributed by atoms with Gasteiger partial charge in [-0.2, -0.15) is 0 Å². The first-order valence-corrected chi connectivity index (χ1v) is 7.48. The molecule has 0 saturated heterocycles. The molecule has 0 radical (unpaired) electrons. The molecule has 0 bridgehead atoms. The predicted molar refractivity (Wildman–Crippen MR) is 80.7 cm³/mol. The van der Waals surface area contributed by atoms with Crippen LogP contribution in [0.5, 0.6) is 0 Å². The first kappa shape index (κ1) is 14.7. The van der Waals surface area contributed by atoms with E-state index in [-0.39, 0.29) is 17.8 Å². The molecule has 2 rings (SSSR count). The fourth-order valence-electron chi connectivity index (χ4n) is 2.09. The minimum atomic E-state index is -0.270. The molecule has 1 heterocycles. The van der Waals surface area contributed by atoms with Gasteiger partial charge in [0, 0.05) is 4.88 Å². The zero-order valence-corrected chi connectivity index (χ0v) is 12.7. The van der Waals surface area contributed by atoms with Gasteiger partial charge in [0.2, 0.25) is 0 Å². The number of hydrogen-bond acceptors (Lipinski definition) is 2. The van der Waals surface area contributed by atoms with Crippen molar-refractivity contribution in [2.45, 2.75) is 33.2 Å². The average Bonchev–Trinajstić information content (AvgIpc) is 2.80. The monoisotopic (exact) mass is 291 g/mol. The number of rotatable bonds is 4. The van der Waals surface area contributed by atoms with Gasteiger partial charge in [-0.25, -0.2) is 4.39 Å². The molecule has 106 valence electrons. The van der Waals surface area contributed by atoms with Crippen LogP contribution >= 0.6 is 11.3 Å². The van der Waals surface area contributed by atoms with Gasteiger partial charge in [-0.15, -0.1) is 11.3 Å². The van der Waals surface area contributed by atoms with Gasteiger partial charge in [-0.1, -0.05) is 19.1 Å². The van der Waals surface area contributed by atoms with E-state index in [2.05, 4.69) is 12.2 Å². The number of hydrogen-bond donors (Lipinski definition) is 1. The zero-order valence-electron chi connectivity index (χ0n) is 11.9. The van der Waals surface area contributed by atoms with Gasteiger partial charge < -0.3 is 5.32 Å². The Morgan fingerprint density at radius 1 is 1.35 bits per heavy atom. The van der Waals surface area contributed by atoms with Crippen LogP contribution in [0, 0.1) is 12.7 Å². The predicted octanol–water partition coefficient (Wildman–Crippen LogP) is 4.25. The van der Waals surface area contributed by atoms with Crippen LogP contribution in [0.1, 0.15) is 45.6 Å². The summed E-state index contributed by atoms with van der Waals surface area (Å²) in [6.45, 7) is 6.01. The highest BCUT2D eigenvalue weighted by molar-refractivity contribution is 7.14. The van der Waals surface area contributed by atoms with Gasteiger partial charge in [0.25, 0.3) is 5.91 Å². The molecule has 4 heteroatoms. The number of nitrogens with one attached hydrogen (secondary N) is 1. The summed E-state index contributed by atoms with van der Waals surface area (Å²) in [6.07, 6.45) is 0.934. The van der Waals surface area contributed by atoms with Crippen LogP contribution in [0.3, 0.4) is 0 Å². The number of amides is 1. The third kappa shape index (κ3) is 3.25. The van der Waals surface area contributed by atoms with Crippen molar-refractivity contribution in [1.29, 1.82) is 0 Å².